The van der Waals surface area contributed by atoms with Crippen LogP contribution in [0.1, 0.15) is 13.8 Å². The quantitative estimate of drug-likeness (QED) is 0.672. The van der Waals surface area contributed by atoms with Crippen molar-refractivity contribution in [3.63, 3.8) is 0 Å². The minimum absolute atomic E-state index is 0.159. The molecule has 2 atom stereocenters. The van der Waals surface area contributed by atoms with Crippen molar-refractivity contribution in [3.8, 4) is 0 Å². The van der Waals surface area contributed by atoms with Crippen LogP contribution < -0.4 is 5.32 Å². The number of aliphatic hydroxyl groups is 1. The highest BCUT2D eigenvalue weighted by atomic mass is 19.4. The maximum Gasteiger partial charge on any atom is 0.415 e. The number of nitrogens with one attached hydrogen (secondary N) is 1. The van der Waals surface area contributed by atoms with Crippen molar-refractivity contribution >= 4 is 5.97 Å². The third kappa shape index (κ3) is 5.58. The Hall–Kier alpha value is -0.820. The summed E-state index contributed by atoms with van der Waals surface area (Å²) < 4.78 is 40.1. The molecule has 0 bridgehead atoms. The van der Waals surface area contributed by atoms with Crippen LogP contribution in [0.3, 0.4) is 0 Å². The highest BCUT2D eigenvalue weighted by Gasteiger charge is 2.38. The van der Waals surface area contributed by atoms with Crippen molar-refractivity contribution in [1.29, 1.82) is 0 Å². The van der Waals surface area contributed by atoms with Crippen LogP contribution >= 0.6 is 0 Å². The maximum atomic E-state index is 11.8. The van der Waals surface area contributed by atoms with E-state index in [4.69, 9.17) is 5.11 Å². The third-order valence-electron chi connectivity index (χ3n) is 1.64. The standard InChI is InChI=1S/C8H14F3NO3/c1-3-15-7(14)5(2)12-4-6(13)8(9,10)11/h5-6,12-13H,3-4H2,1-2H3. The van der Waals surface area contributed by atoms with Gasteiger partial charge in [0.25, 0.3) is 0 Å². The molecule has 0 aromatic carbocycles. The van der Waals surface area contributed by atoms with Gasteiger partial charge in [-0.3, -0.25) is 4.79 Å². The first-order chi connectivity index (χ1) is 6.79. The molecule has 0 aliphatic carbocycles. The predicted octanol–water partition coefficient (Wildman–Crippen LogP) is 0.451. The van der Waals surface area contributed by atoms with Crippen molar-refractivity contribution in [2.45, 2.75) is 32.2 Å². The molecule has 0 fully saturated rings. The topological polar surface area (TPSA) is 58.6 Å². The normalized spacial score (nSPS) is 15.9. The number of halogens is 3. The highest BCUT2D eigenvalue weighted by Crippen LogP contribution is 2.19. The number of hydrogen-bond donors (Lipinski definition) is 2. The van der Waals surface area contributed by atoms with Crippen molar-refractivity contribution in [2.24, 2.45) is 0 Å². The molecule has 0 aliphatic heterocycles. The number of aliphatic hydroxyl groups excluding tert-OH is 1. The summed E-state index contributed by atoms with van der Waals surface area (Å²) in [5, 5.41) is 10.8. The minimum atomic E-state index is -4.68. The van der Waals surface area contributed by atoms with E-state index in [1.165, 1.54) is 6.92 Å². The van der Waals surface area contributed by atoms with Gasteiger partial charge in [0, 0.05) is 6.54 Å². The second-order valence-corrected chi connectivity index (χ2v) is 2.94. The number of hydrogen-bond acceptors (Lipinski definition) is 4. The van der Waals surface area contributed by atoms with E-state index in [9.17, 15) is 18.0 Å². The fourth-order valence-corrected chi connectivity index (χ4v) is 0.755. The van der Waals surface area contributed by atoms with E-state index >= 15 is 0 Å². The molecule has 0 aliphatic rings. The summed E-state index contributed by atoms with van der Waals surface area (Å²) in [5.74, 6) is -0.646. The van der Waals surface area contributed by atoms with E-state index in [1.54, 1.807) is 6.92 Å². The number of rotatable bonds is 5. The zero-order valence-electron chi connectivity index (χ0n) is 8.47. The van der Waals surface area contributed by atoms with Crippen LogP contribution in [0.15, 0.2) is 0 Å². The SMILES string of the molecule is CCOC(=O)C(C)NCC(O)C(F)(F)F. The van der Waals surface area contributed by atoms with Crippen LogP contribution in [0.2, 0.25) is 0 Å². The Balaban J connectivity index is 3.90. The van der Waals surface area contributed by atoms with Crippen LogP contribution in [-0.2, 0) is 9.53 Å². The lowest BCUT2D eigenvalue weighted by Crippen LogP contribution is -2.44. The fourth-order valence-electron chi connectivity index (χ4n) is 0.755. The van der Waals surface area contributed by atoms with E-state index in [2.05, 4.69) is 10.1 Å². The zero-order valence-corrected chi connectivity index (χ0v) is 8.47. The Labute approximate surface area is 85.4 Å². The second kappa shape index (κ2) is 5.92. The van der Waals surface area contributed by atoms with E-state index in [0.29, 0.717) is 0 Å². The number of carbonyl (C=O) groups is 1. The van der Waals surface area contributed by atoms with Gasteiger partial charge in [-0.2, -0.15) is 13.2 Å². The lowest BCUT2D eigenvalue weighted by molar-refractivity contribution is -0.202. The van der Waals surface area contributed by atoms with Crippen LogP contribution in [0.25, 0.3) is 0 Å². The molecule has 90 valence electrons. The van der Waals surface area contributed by atoms with E-state index < -0.39 is 30.8 Å². The Kier molecular flexibility index (Phi) is 5.59. The number of esters is 1. The van der Waals surface area contributed by atoms with Gasteiger partial charge in [-0.1, -0.05) is 0 Å². The monoisotopic (exact) mass is 229 g/mol. The molecule has 0 saturated heterocycles. The van der Waals surface area contributed by atoms with Gasteiger partial charge in [0.1, 0.15) is 6.04 Å². The summed E-state index contributed by atoms with van der Waals surface area (Å²) in [6.07, 6.45) is -7.16. The zero-order chi connectivity index (χ0) is 12.1. The van der Waals surface area contributed by atoms with Gasteiger partial charge in [-0.15, -0.1) is 0 Å². The highest BCUT2D eigenvalue weighted by molar-refractivity contribution is 5.75. The summed E-state index contributed by atoms with van der Waals surface area (Å²) >= 11 is 0. The minimum Gasteiger partial charge on any atom is -0.465 e. The first-order valence-corrected chi connectivity index (χ1v) is 4.43. The Morgan fingerprint density at radius 1 is 1.53 bits per heavy atom. The molecule has 0 radical (unpaired) electrons. The Morgan fingerprint density at radius 2 is 2.07 bits per heavy atom. The smallest absolute Gasteiger partial charge is 0.415 e. The summed E-state index contributed by atoms with van der Waals surface area (Å²) in [7, 11) is 0. The van der Waals surface area contributed by atoms with Crippen molar-refractivity contribution in [1.82, 2.24) is 5.32 Å². The van der Waals surface area contributed by atoms with E-state index in [0.717, 1.165) is 0 Å². The van der Waals surface area contributed by atoms with Gasteiger partial charge < -0.3 is 15.2 Å². The molecule has 0 amide bonds. The van der Waals surface area contributed by atoms with Crippen LogP contribution in [0, 0.1) is 0 Å². The van der Waals surface area contributed by atoms with Crippen LogP contribution in [0.4, 0.5) is 13.2 Å². The number of ether oxygens (including phenoxy) is 1. The predicted molar refractivity (Wildman–Crippen MR) is 46.2 cm³/mol. The van der Waals surface area contributed by atoms with Gasteiger partial charge in [0.2, 0.25) is 0 Å². The summed E-state index contributed by atoms with van der Waals surface area (Å²) in [6, 6.07) is -0.873. The molecule has 7 heteroatoms. The fraction of sp³-hybridized carbons (Fsp3) is 0.875. The average molecular weight is 229 g/mol. The molecular weight excluding hydrogens is 215 g/mol. The molecule has 0 heterocycles. The molecule has 0 aromatic rings. The Bertz CT molecular complexity index is 208. The average Bonchev–Trinajstić information content (AvgIpc) is 2.12. The summed E-state index contributed by atoms with van der Waals surface area (Å²) in [5.41, 5.74) is 0. The van der Waals surface area contributed by atoms with Crippen molar-refractivity contribution in [3.05, 3.63) is 0 Å². The molecule has 0 aromatic heterocycles. The molecule has 15 heavy (non-hydrogen) atoms. The number of carbonyl (C=O) groups excluding carboxylic acids is 1. The molecule has 2 unspecified atom stereocenters. The van der Waals surface area contributed by atoms with Crippen LogP contribution in [0.5, 0.6) is 0 Å². The second-order valence-electron chi connectivity index (χ2n) is 2.94. The van der Waals surface area contributed by atoms with Gasteiger partial charge in [-0.25, -0.2) is 0 Å². The van der Waals surface area contributed by atoms with Crippen LogP contribution in [-0.4, -0.2) is 42.5 Å². The third-order valence-corrected chi connectivity index (χ3v) is 1.64. The molecule has 0 saturated carbocycles. The molecular formula is C8H14F3NO3. The van der Waals surface area contributed by atoms with Gasteiger partial charge >= 0.3 is 12.1 Å². The molecule has 2 N–H and O–H groups in total. The molecule has 0 rings (SSSR count). The van der Waals surface area contributed by atoms with E-state index in [-0.39, 0.29) is 6.61 Å². The van der Waals surface area contributed by atoms with Gasteiger partial charge in [0.15, 0.2) is 6.10 Å². The lowest BCUT2D eigenvalue weighted by atomic mass is 10.3. The van der Waals surface area contributed by atoms with Gasteiger partial charge in [0.05, 0.1) is 6.61 Å². The first kappa shape index (κ1) is 14.2. The van der Waals surface area contributed by atoms with Gasteiger partial charge in [-0.05, 0) is 13.8 Å². The maximum absolute atomic E-state index is 11.8. The van der Waals surface area contributed by atoms with Crippen molar-refractivity contribution in [2.75, 3.05) is 13.2 Å². The van der Waals surface area contributed by atoms with Crippen molar-refractivity contribution < 1.29 is 27.8 Å². The largest absolute Gasteiger partial charge is 0.465 e. The number of alkyl halides is 3. The molecule has 4 nitrogen and oxygen atoms in total. The summed E-state index contributed by atoms with van der Waals surface area (Å²) in [6.45, 7) is 2.38. The first-order valence-electron chi connectivity index (χ1n) is 4.43. The summed E-state index contributed by atoms with van der Waals surface area (Å²) in [4.78, 5) is 11.0. The Morgan fingerprint density at radius 3 is 2.47 bits per heavy atom. The lowest BCUT2D eigenvalue weighted by Gasteiger charge is -2.17. The van der Waals surface area contributed by atoms with E-state index in [1.807, 2.05) is 0 Å². The molecule has 0 spiro atoms.